The fraction of sp³-hybridized carbons (Fsp3) is 0.350. The number of rotatable bonds is 6. The van der Waals surface area contributed by atoms with Crippen molar-refractivity contribution in [2.45, 2.75) is 39.5 Å². The van der Waals surface area contributed by atoms with E-state index in [1.807, 2.05) is 20.8 Å². The number of carbonyl (C=O) groups is 1. The van der Waals surface area contributed by atoms with E-state index in [0.717, 1.165) is 11.1 Å². The number of benzene rings is 2. The lowest BCUT2D eigenvalue weighted by Gasteiger charge is -2.35. The van der Waals surface area contributed by atoms with Crippen LogP contribution in [-0.2, 0) is 17.9 Å². The van der Waals surface area contributed by atoms with E-state index in [0.29, 0.717) is 12.3 Å². The Bertz CT molecular complexity index is 725. The van der Waals surface area contributed by atoms with Gasteiger partial charge in [-0.25, -0.2) is 4.39 Å². The van der Waals surface area contributed by atoms with Crippen LogP contribution in [-0.4, -0.2) is 28.1 Å². The van der Waals surface area contributed by atoms with Gasteiger partial charge in [0.1, 0.15) is 11.6 Å². The van der Waals surface area contributed by atoms with E-state index in [9.17, 15) is 9.18 Å². The van der Waals surface area contributed by atoms with Crippen LogP contribution in [0.1, 0.15) is 31.9 Å². The molecule has 0 aliphatic heterocycles. The van der Waals surface area contributed by atoms with Gasteiger partial charge >= 0.3 is 0 Å². The number of hydrogen-bond acceptors (Lipinski definition) is 3. The molecular weight excluding hydrogens is 321 g/mol. The Balaban J connectivity index is 2.08. The Labute approximate surface area is 147 Å². The van der Waals surface area contributed by atoms with Gasteiger partial charge in [0.05, 0.1) is 6.61 Å². The number of amides is 1. The molecule has 2 aromatic carbocycles. The van der Waals surface area contributed by atoms with Gasteiger partial charge in [0.15, 0.2) is 6.61 Å². The van der Waals surface area contributed by atoms with Crippen LogP contribution >= 0.6 is 0 Å². The SMILES string of the molecule is CC(C)(C)N(Cc1cccc(F)c1)C(=O)COc1cccc(CO)c1. The maximum atomic E-state index is 13.4. The van der Waals surface area contributed by atoms with Crippen molar-refractivity contribution in [1.29, 1.82) is 0 Å². The molecule has 0 aromatic heterocycles. The molecule has 1 amide bonds. The van der Waals surface area contributed by atoms with Gasteiger partial charge in [-0.15, -0.1) is 0 Å². The lowest BCUT2D eigenvalue weighted by Crippen LogP contribution is -2.47. The Kier molecular flexibility index (Phi) is 6.15. The lowest BCUT2D eigenvalue weighted by atomic mass is 10.0. The van der Waals surface area contributed by atoms with Crippen LogP contribution in [0.2, 0.25) is 0 Å². The minimum atomic E-state index is -0.431. The van der Waals surface area contributed by atoms with Crippen LogP contribution in [0.15, 0.2) is 48.5 Å². The van der Waals surface area contributed by atoms with Gasteiger partial charge in [-0.2, -0.15) is 0 Å². The van der Waals surface area contributed by atoms with Crippen molar-refractivity contribution in [2.24, 2.45) is 0 Å². The summed E-state index contributed by atoms with van der Waals surface area (Å²) in [5.74, 6) is 0.0153. The predicted molar refractivity (Wildman–Crippen MR) is 94.6 cm³/mol. The van der Waals surface area contributed by atoms with Gasteiger partial charge in [0, 0.05) is 12.1 Å². The van der Waals surface area contributed by atoms with Gasteiger partial charge in [-0.05, 0) is 56.2 Å². The third kappa shape index (κ3) is 5.57. The minimum absolute atomic E-state index is 0.0845. The number of nitrogens with zero attached hydrogens (tertiary/aromatic N) is 1. The highest BCUT2D eigenvalue weighted by molar-refractivity contribution is 5.78. The Hall–Kier alpha value is -2.40. The monoisotopic (exact) mass is 345 g/mol. The topological polar surface area (TPSA) is 49.8 Å². The standard InChI is InChI=1S/C20H24FNO3/c1-20(2,3)22(12-15-6-4-8-17(21)10-15)19(24)14-25-18-9-5-7-16(11-18)13-23/h4-11,23H,12-14H2,1-3H3. The maximum absolute atomic E-state index is 13.4. The molecule has 0 heterocycles. The molecule has 134 valence electrons. The summed E-state index contributed by atoms with van der Waals surface area (Å²) in [5, 5.41) is 9.16. The summed E-state index contributed by atoms with van der Waals surface area (Å²) in [6.07, 6.45) is 0. The molecule has 1 N–H and O–H groups in total. The van der Waals surface area contributed by atoms with Gasteiger partial charge in [-0.3, -0.25) is 4.79 Å². The molecule has 25 heavy (non-hydrogen) atoms. The quantitative estimate of drug-likeness (QED) is 0.871. The van der Waals surface area contributed by atoms with E-state index in [2.05, 4.69) is 0 Å². The van der Waals surface area contributed by atoms with Crippen molar-refractivity contribution in [3.63, 3.8) is 0 Å². The van der Waals surface area contributed by atoms with Crippen LogP contribution < -0.4 is 4.74 Å². The van der Waals surface area contributed by atoms with E-state index in [1.165, 1.54) is 12.1 Å². The minimum Gasteiger partial charge on any atom is -0.484 e. The second kappa shape index (κ2) is 8.12. The van der Waals surface area contributed by atoms with Gasteiger partial charge < -0.3 is 14.7 Å². The Morgan fingerprint density at radius 1 is 1.12 bits per heavy atom. The summed E-state index contributed by atoms with van der Waals surface area (Å²) in [6.45, 7) is 5.88. The number of halogens is 1. The molecule has 0 saturated carbocycles. The zero-order valence-electron chi connectivity index (χ0n) is 14.8. The molecule has 2 rings (SSSR count). The van der Waals surface area contributed by atoms with Crippen molar-refractivity contribution in [2.75, 3.05) is 6.61 Å². The number of carbonyl (C=O) groups excluding carboxylic acids is 1. The number of hydrogen-bond donors (Lipinski definition) is 1. The zero-order valence-corrected chi connectivity index (χ0v) is 14.8. The fourth-order valence-corrected chi connectivity index (χ4v) is 2.47. The van der Waals surface area contributed by atoms with E-state index in [1.54, 1.807) is 41.3 Å². The predicted octanol–water partition coefficient (Wildman–Crippen LogP) is 3.52. The number of aliphatic hydroxyl groups is 1. The number of ether oxygens (including phenoxy) is 1. The average Bonchev–Trinajstić information content (AvgIpc) is 2.57. The van der Waals surface area contributed by atoms with Crippen molar-refractivity contribution >= 4 is 5.91 Å². The van der Waals surface area contributed by atoms with Crippen molar-refractivity contribution in [3.05, 3.63) is 65.5 Å². The molecule has 4 nitrogen and oxygen atoms in total. The maximum Gasteiger partial charge on any atom is 0.261 e. The summed E-state index contributed by atoms with van der Waals surface area (Å²) < 4.78 is 19.0. The van der Waals surface area contributed by atoms with Crippen molar-refractivity contribution in [1.82, 2.24) is 4.90 Å². The molecule has 0 aliphatic rings. The third-order valence-corrected chi connectivity index (χ3v) is 3.78. The van der Waals surface area contributed by atoms with E-state index in [4.69, 9.17) is 9.84 Å². The molecule has 2 aromatic rings. The highest BCUT2D eigenvalue weighted by Crippen LogP contribution is 2.19. The third-order valence-electron chi connectivity index (χ3n) is 3.78. The molecule has 0 spiro atoms. The van der Waals surface area contributed by atoms with Crippen LogP contribution in [0.5, 0.6) is 5.75 Å². The van der Waals surface area contributed by atoms with Crippen LogP contribution in [0, 0.1) is 5.82 Å². The molecule has 0 aliphatic carbocycles. The average molecular weight is 345 g/mol. The molecule has 5 heteroatoms. The van der Waals surface area contributed by atoms with Gasteiger partial charge in [0.2, 0.25) is 0 Å². The smallest absolute Gasteiger partial charge is 0.261 e. The summed E-state index contributed by atoms with van der Waals surface area (Å²) in [7, 11) is 0. The largest absolute Gasteiger partial charge is 0.484 e. The van der Waals surface area contributed by atoms with Gasteiger partial charge in [-0.1, -0.05) is 24.3 Å². The van der Waals surface area contributed by atoms with Crippen LogP contribution in [0.25, 0.3) is 0 Å². The molecule has 0 unspecified atom stereocenters. The highest BCUT2D eigenvalue weighted by atomic mass is 19.1. The molecular formula is C20H24FNO3. The summed E-state index contributed by atoms with van der Waals surface area (Å²) >= 11 is 0. The Morgan fingerprint density at radius 2 is 1.80 bits per heavy atom. The first-order valence-electron chi connectivity index (χ1n) is 8.17. The lowest BCUT2D eigenvalue weighted by molar-refractivity contribution is -0.139. The van der Waals surface area contributed by atoms with Crippen molar-refractivity contribution in [3.8, 4) is 5.75 Å². The molecule has 0 atom stereocenters. The summed E-state index contributed by atoms with van der Waals surface area (Å²) in [5.41, 5.74) is 1.02. The van der Waals surface area contributed by atoms with Crippen LogP contribution in [0.3, 0.4) is 0 Å². The Morgan fingerprint density at radius 3 is 2.44 bits per heavy atom. The second-order valence-electron chi connectivity index (χ2n) is 6.87. The first-order valence-corrected chi connectivity index (χ1v) is 8.17. The summed E-state index contributed by atoms with van der Waals surface area (Å²) in [6, 6.07) is 13.2. The van der Waals surface area contributed by atoms with Crippen LogP contribution in [0.4, 0.5) is 4.39 Å². The molecule has 0 bridgehead atoms. The summed E-state index contributed by atoms with van der Waals surface area (Å²) in [4.78, 5) is 14.3. The zero-order chi connectivity index (χ0) is 18.4. The first kappa shape index (κ1) is 18.9. The van der Waals surface area contributed by atoms with E-state index >= 15 is 0 Å². The van der Waals surface area contributed by atoms with Gasteiger partial charge in [0.25, 0.3) is 5.91 Å². The number of aliphatic hydroxyl groups excluding tert-OH is 1. The second-order valence-corrected chi connectivity index (χ2v) is 6.87. The molecule has 0 radical (unpaired) electrons. The molecule has 0 saturated heterocycles. The highest BCUT2D eigenvalue weighted by Gasteiger charge is 2.27. The normalized spacial score (nSPS) is 11.2. The first-order chi connectivity index (χ1) is 11.8. The van der Waals surface area contributed by atoms with E-state index in [-0.39, 0.29) is 24.9 Å². The fourth-order valence-electron chi connectivity index (χ4n) is 2.47. The van der Waals surface area contributed by atoms with E-state index < -0.39 is 5.54 Å². The molecule has 0 fully saturated rings. The van der Waals surface area contributed by atoms with Crippen molar-refractivity contribution < 1.29 is 19.0 Å².